The molecule has 11 nitrogen and oxygen atoms in total. The molecule has 0 spiro atoms. The molecule has 0 saturated heterocycles. The van der Waals surface area contributed by atoms with Crippen molar-refractivity contribution in [1.29, 1.82) is 0 Å². The van der Waals surface area contributed by atoms with Gasteiger partial charge in [-0.15, -0.1) is 0 Å². The Bertz CT molecular complexity index is 1220. The van der Waals surface area contributed by atoms with E-state index >= 15 is 0 Å². The highest BCUT2D eigenvalue weighted by Gasteiger charge is 2.09. The van der Waals surface area contributed by atoms with E-state index in [1.54, 1.807) is 18.3 Å². The third-order valence-corrected chi connectivity index (χ3v) is 4.83. The van der Waals surface area contributed by atoms with Crippen LogP contribution in [0, 0.1) is 5.82 Å². The number of ether oxygens (including phenoxy) is 1. The second kappa shape index (κ2) is 10.7. The van der Waals surface area contributed by atoms with Gasteiger partial charge in [0.2, 0.25) is 11.8 Å². The number of nitrogens with zero attached hydrogens (tertiary/aromatic N) is 6. The predicted octanol–water partition coefficient (Wildman–Crippen LogP) is 2.93. The average molecular weight is 468 g/mol. The van der Waals surface area contributed by atoms with Crippen molar-refractivity contribution in [1.82, 2.24) is 35.2 Å². The minimum atomic E-state index is -0.362. The Balaban J connectivity index is 1.31. The lowest BCUT2D eigenvalue weighted by Gasteiger charge is -2.05. The second-order valence-electron chi connectivity index (χ2n) is 7.86. The smallest absolute Gasteiger partial charge is 0.224 e. The molecular formula is C22H26FN9O2. The van der Waals surface area contributed by atoms with Gasteiger partial charge in [-0.2, -0.15) is 10.1 Å². The molecule has 4 aromatic rings. The van der Waals surface area contributed by atoms with Crippen LogP contribution < -0.4 is 15.4 Å². The van der Waals surface area contributed by atoms with Crippen molar-refractivity contribution in [2.45, 2.75) is 25.9 Å². The molecule has 4 aromatic heterocycles. The molecule has 0 aliphatic heterocycles. The molecule has 3 N–H and O–H groups in total. The number of methoxy groups -OCH3 is 1. The van der Waals surface area contributed by atoms with E-state index in [0.29, 0.717) is 60.7 Å². The summed E-state index contributed by atoms with van der Waals surface area (Å²) in [6, 6.07) is 7.09. The molecule has 0 fully saturated rings. The summed E-state index contributed by atoms with van der Waals surface area (Å²) in [6.45, 7) is 1.11. The maximum Gasteiger partial charge on any atom is 0.224 e. The molecule has 0 amide bonds. The van der Waals surface area contributed by atoms with Gasteiger partial charge in [-0.3, -0.25) is 5.10 Å². The Morgan fingerprint density at radius 1 is 1.15 bits per heavy atom. The van der Waals surface area contributed by atoms with Crippen LogP contribution in [0.5, 0.6) is 5.88 Å². The first-order valence-electron chi connectivity index (χ1n) is 10.6. The standard InChI is InChI=1S/C22H26FN9O2/c1-32(2)13-16-9-17(34-31-16)11-26-22-24-7-6-19(28-22)27-20-10-15(29-30-20)5-4-14-8-21(33-3)25-12-18(14)23/h6-10,12H,4-5,11,13H2,1-3H3,(H3,24,26,27,28,29,30). The van der Waals surface area contributed by atoms with Crippen molar-refractivity contribution in [3.8, 4) is 5.88 Å². The topological polar surface area (TPSA) is 130 Å². The normalized spacial score (nSPS) is 11.1. The van der Waals surface area contributed by atoms with Crippen LogP contribution in [-0.2, 0) is 25.9 Å². The zero-order valence-electron chi connectivity index (χ0n) is 19.2. The fourth-order valence-electron chi connectivity index (χ4n) is 3.23. The summed E-state index contributed by atoms with van der Waals surface area (Å²) in [6.07, 6.45) is 3.86. The lowest BCUT2D eigenvalue weighted by atomic mass is 10.1. The minimum absolute atomic E-state index is 0.362. The molecule has 4 heterocycles. The Labute approximate surface area is 195 Å². The highest BCUT2D eigenvalue weighted by molar-refractivity contribution is 5.53. The average Bonchev–Trinajstić information content (AvgIpc) is 3.46. The highest BCUT2D eigenvalue weighted by atomic mass is 19.1. The molecule has 0 atom stereocenters. The molecule has 0 aliphatic carbocycles. The van der Waals surface area contributed by atoms with Gasteiger partial charge in [-0.05, 0) is 38.6 Å². The van der Waals surface area contributed by atoms with Crippen molar-refractivity contribution < 1.29 is 13.7 Å². The number of halogens is 1. The molecule has 12 heteroatoms. The van der Waals surface area contributed by atoms with Crippen LogP contribution >= 0.6 is 0 Å². The number of aryl methyl sites for hydroxylation is 2. The molecule has 0 radical (unpaired) electrons. The van der Waals surface area contributed by atoms with E-state index < -0.39 is 0 Å². The predicted molar refractivity (Wildman–Crippen MR) is 123 cm³/mol. The first-order valence-corrected chi connectivity index (χ1v) is 10.6. The highest BCUT2D eigenvalue weighted by Crippen LogP contribution is 2.18. The Hall–Kier alpha value is -4.06. The fourth-order valence-corrected chi connectivity index (χ4v) is 3.23. The van der Waals surface area contributed by atoms with Crippen molar-refractivity contribution >= 4 is 17.6 Å². The van der Waals surface area contributed by atoms with E-state index in [1.165, 1.54) is 13.3 Å². The number of hydrogen-bond acceptors (Lipinski definition) is 10. The summed E-state index contributed by atoms with van der Waals surface area (Å²) in [5.41, 5.74) is 2.24. The number of rotatable bonds is 11. The van der Waals surface area contributed by atoms with E-state index in [9.17, 15) is 4.39 Å². The van der Waals surface area contributed by atoms with Crippen LogP contribution in [0.2, 0.25) is 0 Å². The molecule has 178 valence electrons. The lowest BCUT2D eigenvalue weighted by molar-refractivity contribution is 0.351. The largest absolute Gasteiger partial charge is 0.481 e. The fraction of sp³-hybridized carbons (Fsp3) is 0.318. The van der Waals surface area contributed by atoms with Gasteiger partial charge in [-0.25, -0.2) is 14.4 Å². The monoisotopic (exact) mass is 467 g/mol. The van der Waals surface area contributed by atoms with Crippen molar-refractivity contribution in [3.63, 3.8) is 0 Å². The van der Waals surface area contributed by atoms with Gasteiger partial charge in [0.05, 0.1) is 25.5 Å². The van der Waals surface area contributed by atoms with Crippen molar-refractivity contribution in [2.75, 3.05) is 31.8 Å². The maximum atomic E-state index is 14.0. The molecular weight excluding hydrogens is 441 g/mol. The zero-order chi connectivity index (χ0) is 23.9. The number of hydrogen-bond donors (Lipinski definition) is 3. The Morgan fingerprint density at radius 2 is 2.03 bits per heavy atom. The third kappa shape index (κ3) is 6.25. The van der Waals surface area contributed by atoms with Crippen LogP contribution in [-0.4, -0.2) is 56.4 Å². The van der Waals surface area contributed by atoms with Gasteiger partial charge in [0.1, 0.15) is 11.6 Å². The molecule has 0 aliphatic rings. The number of nitrogens with one attached hydrogen (secondary N) is 3. The first kappa shape index (κ1) is 23.1. The quantitative estimate of drug-likeness (QED) is 0.303. The van der Waals surface area contributed by atoms with Crippen molar-refractivity contribution in [2.24, 2.45) is 0 Å². The summed E-state index contributed by atoms with van der Waals surface area (Å²) >= 11 is 0. The van der Waals surface area contributed by atoms with E-state index in [1.807, 2.05) is 31.1 Å². The van der Waals surface area contributed by atoms with E-state index in [0.717, 1.165) is 11.4 Å². The minimum Gasteiger partial charge on any atom is -0.481 e. The summed E-state index contributed by atoms with van der Waals surface area (Å²) < 4.78 is 24.4. The van der Waals surface area contributed by atoms with Crippen LogP contribution in [0.1, 0.15) is 22.7 Å². The number of H-pyrrole nitrogens is 1. The molecule has 4 rings (SSSR count). The SMILES string of the molecule is COc1cc(CCc2cc(Nc3ccnc(NCc4cc(CN(C)C)no4)n3)n[nH]2)c(F)cn1. The van der Waals surface area contributed by atoms with E-state index in [-0.39, 0.29) is 5.82 Å². The van der Waals surface area contributed by atoms with Gasteiger partial charge in [-0.1, -0.05) is 5.16 Å². The first-order chi connectivity index (χ1) is 16.5. The summed E-state index contributed by atoms with van der Waals surface area (Å²) in [4.78, 5) is 14.5. The van der Waals surface area contributed by atoms with Crippen LogP contribution in [0.25, 0.3) is 0 Å². The van der Waals surface area contributed by atoms with E-state index in [2.05, 4.69) is 40.9 Å². The van der Waals surface area contributed by atoms with Crippen LogP contribution in [0.15, 0.2) is 41.2 Å². The van der Waals surface area contributed by atoms with Gasteiger partial charge >= 0.3 is 0 Å². The Kier molecular flexibility index (Phi) is 7.28. The van der Waals surface area contributed by atoms with Gasteiger partial charge < -0.3 is 24.8 Å². The number of anilines is 3. The van der Waals surface area contributed by atoms with Crippen LogP contribution in [0.3, 0.4) is 0 Å². The molecule has 0 aromatic carbocycles. The second-order valence-corrected chi connectivity index (χ2v) is 7.86. The number of pyridine rings is 1. The third-order valence-electron chi connectivity index (χ3n) is 4.83. The zero-order valence-corrected chi connectivity index (χ0v) is 19.2. The van der Waals surface area contributed by atoms with E-state index in [4.69, 9.17) is 9.26 Å². The molecule has 0 bridgehead atoms. The summed E-state index contributed by atoms with van der Waals surface area (Å²) in [5.74, 6) is 2.32. The molecule has 0 saturated carbocycles. The Morgan fingerprint density at radius 3 is 2.85 bits per heavy atom. The number of aromatic amines is 1. The lowest BCUT2D eigenvalue weighted by Crippen LogP contribution is -2.10. The number of aromatic nitrogens is 6. The van der Waals surface area contributed by atoms with Gasteiger partial charge in [0.25, 0.3) is 0 Å². The van der Waals surface area contributed by atoms with Crippen LogP contribution in [0.4, 0.5) is 22.0 Å². The maximum absolute atomic E-state index is 14.0. The molecule has 34 heavy (non-hydrogen) atoms. The van der Waals surface area contributed by atoms with Crippen molar-refractivity contribution in [3.05, 3.63) is 65.2 Å². The summed E-state index contributed by atoms with van der Waals surface area (Å²) in [5, 5.41) is 17.5. The van der Waals surface area contributed by atoms with Gasteiger partial charge in [0, 0.05) is 36.6 Å². The molecule has 0 unspecified atom stereocenters. The summed E-state index contributed by atoms with van der Waals surface area (Å²) in [7, 11) is 5.44. The van der Waals surface area contributed by atoms with Gasteiger partial charge in [0.15, 0.2) is 11.6 Å².